The minimum Gasteiger partial charge on any atom is -0.179 e. The molecule has 2 heteroatoms. The van der Waals surface area contributed by atoms with Crippen LogP contribution in [0.5, 0.6) is 0 Å². The summed E-state index contributed by atoms with van der Waals surface area (Å²) >= 11 is 8.37. The summed E-state index contributed by atoms with van der Waals surface area (Å²) in [7, 11) is 0. The molecule has 0 spiro atoms. The van der Waals surface area contributed by atoms with E-state index in [0.29, 0.717) is 0 Å². The fourth-order valence-electron chi connectivity index (χ4n) is 2.67. The number of thiol groups is 2. The van der Waals surface area contributed by atoms with Crippen LogP contribution in [0.4, 0.5) is 0 Å². The molecule has 0 amide bonds. The van der Waals surface area contributed by atoms with Crippen molar-refractivity contribution in [3.05, 3.63) is 0 Å². The predicted molar refractivity (Wildman–Crippen MR) is 118 cm³/mol. The lowest BCUT2D eigenvalue weighted by Crippen LogP contribution is -1.81. The summed E-state index contributed by atoms with van der Waals surface area (Å²) < 4.78 is 0. The molecular weight excluding hydrogens is 316 g/mol. The average Bonchev–Trinajstić information content (AvgIpc) is 2.57. The van der Waals surface area contributed by atoms with Gasteiger partial charge in [0.1, 0.15) is 0 Å². The Morgan fingerprint density at radius 2 is 0.565 bits per heavy atom. The fourth-order valence-corrected chi connectivity index (χ4v) is 3.12. The highest BCUT2D eigenvalue weighted by atomic mass is 32.1. The third kappa shape index (κ3) is 31.0. The normalized spacial score (nSPS) is 10.4. The zero-order chi connectivity index (χ0) is 17.4. The third-order valence-corrected chi connectivity index (χ3v) is 4.91. The van der Waals surface area contributed by atoms with Crippen molar-refractivity contribution >= 4 is 25.3 Å². The van der Waals surface area contributed by atoms with Gasteiger partial charge >= 0.3 is 0 Å². The standard InChI is InChI=1S/C11H24S.C10H22S/c1-2-3-4-5-6-7-8-9-10-11-12;1-2-3-4-5-6-7-8-9-10-11/h12H,2-11H2,1H3;11H,2-10H2,1H3. The summed E-state index contributed by atoms with van der Waals surface area (Å²) in [5, 5.41) is 0. The molecule has 0 nitrogen and oxygen atoms in total. The molecule has 0 bridgehead atoms. The van der Waals surface area contributed by atoms with E-state index in [2.05, 4.69) is 39.1 Å². The van der Waals surface area contributed by atoms with Crippen LogP contribution in [0.15, 0.2) is 0 Å². The topological polar surface area (TPSA) is 0 Å². The maximum absolute atomic E-state index is 4.19. The molecular formula is C21H46S2. The molecule has 0 aromatic rings. The second-order valence-corrected chi connectivity index (χ2v) is 7.64. The maximum atomic E-state index is 4.19. The average molecular weight is 363 g/mol. The van der Waals surface area contributed by atoms with Gasteiger partial charge in [0.15, 0.2) is 0 Å². The SMILES string of the molecule is CCCCCCCCCCCS.CCCCCCCCCCS. The van der Waals surface area contributed by atoms with E-state index in [4.69, 9.17) is 0 Å². The van der Waals surface area contributed by atoms with E-state index in [0.717, 1.165) is 11.5 Å². The molecule has 0 aromatic heterocycles. The molecule has 0 aromatic carbocycles. The fraction of sp³-hybridized carbons (Fsp3) is 1.00. The summed E-state index contributed by atoms with van der Waals surface area (Å²) in [6, 6.07) is 0. The number of unbranched alkanes of at least 4 members (excludes halogenated alkanes) is 15. The van der Waals surface area contributed by atoms with Crippen LogP contribution in [0.3, 0.4) is 0 Å². The third-order valence-electron chi connectivity index (χ3n) is 4.27. The van der Waals surface area contributed by atoms with Crippen LogP contribution in [-0.4, -0.2) is 11.5 Å². The zero-order valence-corrected chi connectivity index (χ0v) is 18.1. The van der Waals surface area contributed by atoms with Crippen molar-refractivity contribution in [2.24, 2.45) is 0 Å². The van der Waals surface area contributed by atoms with E-state index in [-0.39, 0.29) is 0 Å². The van der Waals surface area contributed by atoms with Gasteiger partial charge in [0.25, 0.3) is 0 Å². The first kappa shape index (κ1) is 25.9. The van der Waals surface area contributed by atoms with Crippen molar-refractivity contribution in [1.29, 1.82) is 0 Å². The summed E-state index contributed by atoms with van der Waals surface area (Å²) in [5.74, 6) is 2.13. The Morgan fingerprint density at radius 3 is 0.783 bits per heavy atom. The van der Waals surface area contributed by atoms with Crippen LogP contribution in [-0.2, 0) is 0 Å². The van der Waals surface area contributed by atoms with E-state index in [1.807, 2.05) is 0 Å². The second kappa shape index (κ2) is 27.5. The first-order valence-electron chi connectivity index (χ1n) is 10.5. The lowest BCUT2D eigenvalue weighted by atomic mass is 10.1. The molecule has 0 atom stereocenters. The van der Waals surface area contributed by atoms with Gasteiger partial charge in [-0.3, -0.25) is 0 Å². The first-order chi connectivity index (χ1) is 11.3. The van der Waals surface area contributed by atoms with Crippen molar-refractivity contribution in [3.8, 4) is 0 Å². The predicted octanol–water partition coefficient (Wildman–Crippen LogP) is 8.50. The Hall–Kier alpha value is 0.700. The zero-order valence-electron chi connectivity index (χ0n) is 16.3. The quantitative estimate of drug-likeness (QED) is 0.188. The van der Waals surface area contributed by atoms with Gasteiger partial charge < -0.3 is 0 Å². The van der Waals surface area contributed by atoms with E-state index in [1.165, 1.54) is 109 Å². The van der Waals surface area contributed by atoms with Crippen LogP contribution < -0.4 is 0 Å². The van der Waals surface area contributed by atoms with Crippen LogP contribution in [0.1, 0.15) is 123 Å². The minimum atomic E-state index is 1.06. The van der Waals surface area contributed by atoms with Crippen LogP contribution in [0.25, 0.3) is 0 Å². The van der Waals surface area contributed by atoms with E-state index in [1.54, 1.807) is 0 Å². The van der Waals surface area contributed by atoms with E-state index >= 15 is 0 Å². The lowest BCUT2D eigenvalue weighted by Gasteiger charge is -1.99. The molecule has 0 fully saturated rings. The minimum absolute atomic E-state index is 1.06. The highest BCUT2D eigenvalue weighted by molar-refractivity contribution is 7.80. The highest BCUT2D eigenvalue weighted by Crippen LogP contribution is 2.09. The molecule has 0 aliphatic carbocycles. The highest BCUT2D eigenvalue weighted by Gasteiger charge is 1.90. The molecule has 23 heavy (non-hydrogen) atoms. The van der Waals surface area contributed by atoms with Gasteiger partial charge in [-0.25, -0.2) is 0 Å². The molecule has 0 saturated carbocycles. The molecule has 0 aliphatic rings. The smallest absolute Gasteiger partial charge is 0.00979 e. The van der Waals surface area contributed by atoms with Crippen LogP contribution in [0, 0.1) is 0 Å². The van der Waals surface area contributed by atoms with E-state index in [9.17, 15) is 0 Å². The Bertz CT molecular complexity index is 153. The molecule has 0 aliphatic heterocycles. The van der Waals surface area contributed by atoms with Crippen LogP contribution in [0.2, 0.25) is 0 Å². The van der Waals surface area contributed by atoms with Crippen LogP contribution >= 0.6 is 25.3 Å². The van der Waals surface area contributed by atoms with Gasteiger partial charge in [0, 0.05) is 0 Å². The van der Waals surface area contributed by atoms with Gasteiger partial charge in [0.05, 0.1) is 0 Å². The van der Waals surface area contributed by atoms with Crippen molar-refractivity contribution in [2.45, 2.75) is 123 Å². The van der Waals surface area contributed by atoms with Gasteiger partial charge in [-0.15, -0.1) is 0 Å². The number of rotatable bonds is 17. The Labute approximate surface area is 159 Å². The molecule has 142 valence electrons. The van der Waals surface area contributed by atoms with E-state index < -0.39 is 0 Å². The largest absolute Gasteiger partial charge is 0.179 e. The first-order valence-corrected chi connectivity index (χ1v) is 11.8. The van der Waals surface area contributed by atoms with Crippen molar-refractivity contribution in [2.75, 3.05) is 11.5 Å². The summed E-state index contributed by atoms with van der Waals surface area (Å²) in [4.78, 5) is 0. The molecule has 0 radical (unpaired) electrons. The van der Waals surface area contributed by atoms with Gasteiger partial charge in [-0.05, 0) is 24.3 Å². The molecule has 0 rings (SSSR count). The Balaban J connectivity index is 0. The molecule has 0 heterocycles. The monoisotopic (exact) mass is 362 g/mol. The Morgan fingerprint density at radius 1 is 0.348 bits per heavy atom. The van der Waals surface area contributed by atoms with Crippen molar-refractivity contribution < 1.29 is 0 Å². The second-order valence-electron chi connectivity index (χ2n) is 6.75. The Kier molecular flexibility index (Phi) is 31.1. The van der Waals surface area contributed by atoms with Crippen molar-refractivity contribution in [3.63, 3.8) is 0 Å². The van der Waals surface area contributed by atoms with Gasteiger partial charge in [-0.2, -0.15) is 25.3 Å². The van der Waals surface area contributed by atoms with Crippen molar-refractivity contribution in [1.82, 2.24) is 0 Å². The molecule has 0 saturated heterocycles. The summed E-state index contributed by atoms with van der Waals surface area (Å²) in [6.07, 6.45) is 23.9. The number of hydrogen-bond donors (Lipinski definition) is 2. The van der Waals surface area contributed by atoms with Gasteiger partial charge in [-0.1, -0.05) is 110 Å². The molecule has 0 unspecified atom stereocenters. The summed E-state index contributed by atoms with van der Waals surface area (Å²) in [5.41, 5.74) is 0. The molecule has 0 N–H and O–H groups in total. The lowest BCUT2D eigenvalue weighted by molar-refractivity contribution is 0.573. The number of hydrogen-bond acceptors (Lipinski definition) is 2. The maximum Gasteiger partial charge on any atom is -0.00979 e. The van der Waals surface area contributed by atoms with Gasteiger partial charge in [0.2, 0.25) is 0 Å². The summed E-state index contributed by atoms with van der Waals surface area (Å²) in [6.45, 7) is 4.54.